The number of hydrazone groups is 1. The summed E-state index contributed by atoms with van der Waals surface area (Å²) < 4.78 is 0. The molecule has 7 heteroatoms. The Morgan fingerprint density at radius 3 is 2.65 bits per heavy atom. The summed E-state index contributed by atoms with van der Waals surface area (Å²) in [7, 11) is 0. The number of alkyl halides is 1. The first-order valence-electron chi connectivity index (χ1n) is 6.86. The van der Waals surface area contributed by atoms with Crippen LogP contribution in [0.2, 0.25) is 0 Å². The van der Waals surface area contributed by atoms with Crippen LogP contribution in [0.25, 0.3) is 11.3 Å². The molecular formula is C16H14ClN5S. The lowest BCUT2D eigenvalue weighted by Gasteiger charge is -2.02. The molecule has 0 amide bonds. The highest BCUT2D eigenvalue weighted by atomic mass is 35.5. The zero-order chi connectivity index (χ0) is 16.1. The monoisotopic (exact) mass is 343 g/mol. The number of nitrogens with zero attached hydrogens (tertiary/aromatic N) is 3. The third-order valence-electron chi connectivity index (χ3n) is 3.08. The fourth-order valence-corrected chi connectivity index (χ4v) is 2.62. The quantitative estimate of drug-likeness (QED) is 0.417. The molecular weight excluding hydrogens is 330 g/mol. The standard InChI is InChI=1S/C16H14ClN5S/c17-7-12-3-6-14(19-8-12)13-4-1-11(2-5-13)9-20-22-16-21-15(18)10-23-16/h1-6,8-10H,7,18H2,(H,21,22). The van der Waals surface area contributed by atoms with Gasteiger partial charge in [0.05, 0.1) is 11.9 Å². The predicted octanol–water partition coefficient (Wildman–Crippen LogP) is 3.97. The van der Waals surface area contributed by atoms with E-state index in [4.69, 9.17) is 17.3 Å². The van der Waals surface area contributed by atoms with Gasteiger partial charge in [-0.25, -0.2) is 4.98 Å². The number of benzene rings is 1. The number of hydrogen-bond donors (Lipinski definition) is 2. The molecule has 0 unspecified atom stereocenters. The molecule has 2 aromatic heterocycles. The third-order valence-corrected chi connectivity index (χ3v) is 4.16. The number of rotatable bonds is 5. The highest BCUT2D eigenvalue weighted by Crippen LogP contribution is 2.18. The van der Waals surface area contributed by atoms with Crippen molar-refractivity contribution in [3.8, 4) is 11.3 Å². The van der Waals surface area contributed by atoms with Crippen LogP contribution in [0.5, 0.6) is 0 Å². The minimum absolute atomic E-state index is 0.473. The lowest BCUT2D eigenvalue weighted by molar-refractivity contribution is 1.25. The molecule has 0 aliphatic rings. The van der Waals surface area contributed by atoms with Crippen molar-refractivity contribution in [1.82, 2.24) is 9.97 Å². The largest absolute Gasteiger partial charge is 0.383 e. The highest BCUT2D eigenvalue weighted by molar-refractivity contribution is 7.14. The number of nitrogen functional groups attached to an aromatic ring is 1. The van der Waals surface area contributed by atoms with Crippen molar-refractivity contribution in [2.45, 2.75) is 5.88 Å². The molecule has 0 fully saturated rings. The average molecular weight is 344 g/mol. The number of hydrogen-bond acceptors (Lipinski definition) is 6. The van der Waals surface area contributed by atoms with E-state index in [0.717, 1.165) is 22.4 Å². The lowest BCUT2D eigenvalue weighted by Crippen LogP contribution is -1.91. The fourth-order valence-electron chi connectivity index (χ4n) is 1.91. The summed E-state index contributed by atoms with van der Waals surface area (Å²) in [6.07, 6.45) is 3.52. The highest BCUT2D eigenvalue weighted by Gasteiger charge is 2.00. The second-order valence-corrected chi connectivity index (χ2v) is 5.88. The molecule has 3 aromatic rings. The maximum atomic E-state index is 5.77. The van der Waals surface area contributed by atoms with E-state index in [9.17, 15) is 0 Å². The summed E-state index contributed by atoms with van der Waals surface area (Å²) >= 11 is 7.18. The number of thiazole rings is 1. The van der Waals surface area contributed by atoms with Gasteiger partial charge in [0.1, 0.15) is 5.82 Å². The van der Waals surface area contributed by atoms with Crippen LogP contribution in [0, 0.1) is 0 Å². The van der Waals surface area contributed by atoms with Crippen LogP contribution in [0.15, 0.2) is 53.1 Å². The fraction of sp³-hybridized carbons (Fsp3) is 0.0625. The van der Waals surface area contributed by atoms with Crippen molar-refractivity contribution >= 4 is 40.1 Å². The molecule has 0 radical (unpaired) electrons. The maximum Gasteiger partial charge on any atom is 0.205 e. The lowest BCUT2D eigenvalue weighted by atomic mass is 10.1. The second-order valence-electron chi connectivity index (χ2n) is 4.75. The van der Waals surface area contributed by atoms with Crippen molar-refractivity contribution in [2.24, 2.45) is 5.10 Å². The molecule has 0 aliphatic heterocycles. The van der Waals surface area contributed by atoms with Gasteiger partial charge in [0, 0.05) is 23.0 Å². The van der Waals surface area contributed by atoms with Gasteiger partial charge < -0.3 is 5.73 Å². The van der Waals surface area contributed by atoms with Crippen LogP contribution < -0.4 is 11.2 Å². The summed E-state index contributed by atoms with van der Waals surface area (Å²) in [6, 6.07) is 11.9. The van der Waals surface area contributed by atoms with Gasteiger partial charge in [0.25, 0.3) is 0 Å². The predicted molar refractivity (Wildman–Crippen MR) is 97.0 cm³/mol. The normalized spacial score (nSPS) is 11.0. The Morgan fingerprint density at radius 2 is 2.04 bits per heavy atom. The van der Waals surface area contributed by atoms with E-state index in [1.54, 1.807) is 17.8 Å². The molecule has 2 heterocycles. The summed E-state index contributed by atoms with van der Waals surface area (Å²) in [6.45, 7) is 0. The summed E-state index contributed by atoms with van der Waals surface area (Å²) in [5.41, 5.74) is 12.3. The van der Waals surface area contributed by atoms with Crippen LogP contribution in [0.3, 0.4) is 0 Å². The van der Waals surface area contributed by atoms with Crippen molar-refractivity contribution in [2.75, 3.05) is 11.2 Å². The summed E-state index contributed by atoms with van der Waals surface area (Å²) in [5, 5.41) is 6.56. The third kappa shape index (κ3) is 4.06. The Bertz CT molecular complexity index is 796. The minimum atomic E-state index is 0.473. The van der Waals surface area contributed by atoms with Gasteiger partial charge in [-0.1, -0.05) is 30.3 Å². The van der Waals surface area contributed by atoms with Crippen molar-refractivity contribution < 1.29 is 0 Å². The molecule has 0 saturated carbocycles. The van der Waals surface area contributed by atoms with Gasteiger partial charge in [0.15, 0.2) is 0 Å². The molecule has 23 heavy (non-hydrogen) atoms. The first-order valence-corrected chi connectivity index (χ1v) is 8.27. The van der Waals surface area contributed by atoms with Crippen LogP contribution >= 0.6 is 22.9 Å². The van der Waals surface area contributed by atoms with Crippen LogP contribution in [0.4, 0.5) is 10.9 Å². The number of nitrogens with two attached hydrogens (primary N) is 1. The molecule has 0 atom stereocenters. The van der Waals surface area contributed by atoms with Crippen molar-refractivity contribution in [3.05, 3.63) is 59.1 Å². The first-order chi connectivity index (χ1) is 11.2. The van der Waals surface area contributed by atoms with Crippen LogP contribution in [-0.2, 0) is 5.88 Å². The molecule has 3 rings (SSSR count). The Morgan fingerprint density at radius 1 is 1.22 bits per heavy atom. The Kier molecular flexibility index (Phi) is 4.85. The molecule has 116 valence electrons. The van der Waals surface area contributed by atoms with E-state index in [0.29, 0.717) is 16.8 Å². The molecule has 0 bridgehead atoms. The van der Waals surface area contributed by atoms with Crippen molar-refractivity contribution in [1.29, 1.82) is 0 Å². The number of nitrogens with one attached hydrogen (secondary N) is 1. The van der Waals surface area contributed by atoms with Crippen LogP contribution in [0.1, 0.15) is 11.1 Å². The Balaban J connectivity index is 1.66. The molecule has 0 aliphatic carbocycles. The van der Waals surface area contributed by atoms with Gasteiger partial charge in [0.2, 0.25) is 5.13 Å². The molecule has 5 nitrogen and oxygen atoms in total. The molecule has 0 saturated heterocycles. The smallest absolute Gasteiger partial charge is 0.205 e. The zero-order valence-electron chi connectivity index (χ0n) is 12.1. The van der Waals surface area contributed by atoms with E-state index < -0.39 is 0 Å². The number of halogens is 1. The first kappa shape index (κ1) is 15.5. The Hall–Kier alpha value is -2.44. The summed E-state index contributed by atoms with van der Waals surface area (Å²) in [5.74, 6) is 0.963. The molecule has 1 aromatic carbocycles. The van der Waals surface area contributed by atoms with E-state index in [-0.39, 0.29) is 0 Å². The van der Waals surface area contributed by atoms with E-state index in [1.807, 2.05) is 36.4 Å². The number of anilines is 2. The van der Waals surface area contributed by atoms with Gasteiger partial charge in [-0.05, 0) is 17.2 Å². The van der Waals surface area contributed by atoms with E-state index in [1.165, 1.54) is 11.3 Å². The van der Waals surface area contributed by atoms with Gasteiger partial charge in [-0.3, -0.25) is 10.4 Å². The van der Waals surface area contributed by atoms with Gasteiger partial charge in [-0.15, -0.1) is 22.9 Å². The SMILES string of the molecule is Nc1csc(NN=Cc2ccc(-c3ccc(CCl)cn3)cc2)n1. The number of pyridine rings is 1. The summed E-state index contributed by atoms with van der Waals surface area (Å²) in [4.78, 5) is 8.47. The van der Waals surface area contributed by atoms with Gasteiger partial charge >= 0.3 is 0 Å². The zero-order valence-corrected chi connectivity index (χ0v) is 13.7. The van der Waals surface area contributed by atoms with Crippen molar-refractivity contribution in [3.63, 3.8) is 0 Å². The Labute approximate surface area is 142 Å². The van der Waals surface area contributed by atoms with E-state index in [2.05, 4.69) is 20.5 Å². The molecule has 3 N–H and O–H groups in total. The average Bonchev–Trinajstić information content (AvgIpc) is 3.01. The molecule has 0 spiro atoms. The number of aromatic nitrogens is 2. The minimum Gasteiger partial charge on any atom is -0.383 e. The van der Waals surface area contributed by atoms with Gasteiger partial charge in [-0.2, -0.15) is 5.10 Å². The van der Waals surface area contributed by atoms with E-state index >= 15 is 0 Å². The van der Waals surface area contributed by atoms with Crippen LogP contribution in [-0.4, -0.2) is 16.2 Å². The maximum absolute atomic E-state index is 5.77. The second kappa shape index (κ2) is 7.21. The topological polar surface area (TPSA) is 76.2 Å².